The van der Waals surface area contributed by atoms with Crippen molar-refractivity contribution in [2.24, 2.45) is 0 Å². The Kier molecular flexibility index (Phi) is 3.64. The third-order valence-corrected chi connectivity index (χ3v) is 4.17. The van der Waals surface area contributed by atoms with Crippen molar-refractivity contribution in [2.45, 2.75) is 6.61 Å². The van der Waals surface area contributed by atoms with Gasteiger partial charge in [0.2, 0.25) is 0 Å². The zero-order chi connectivity index (χ0) is 14.8. The number of carbonyl (C=O) groups is 1. The molecule has 0 spiro atoms. The molecule has 0 atom stereocenters. The second-order valence-electron chi connectivity index (χ2n) is 4.41. The zero-order valence-corrected chi connectivity index (χ0v) is 12.1. The van der Waals surface area contributed by atoms with Crippen LogP contribution in [0.3, 0.4) is 0 Å². The number of aromatic nitrogens is 2. The van der Waals surface area contributed by atoms with Crippen molar-refractivity contribution < 1.29 is 14.6 Å². The molecule has 0 aliphatic carbocycles. The first-order valence-corrected chi connectivity index (χ1v) is 7.08. The van der Waals surface area contributed by atoms with Crippen molar-refractivity contribution in [1.29, 1.82) is 0 Å². The van der Waals surface area contributed by atoms with Gasteiger partial charge >= 0.3 is 5.97 Å². The molecule has 21 heavy (non-hydrogen) atoms. The number of rotatable bonds is 4. The molecule has 2 aromatic heterocycles. The minimum absolute atomic E-state index is 0.182. The quantitative estimate of drug-likeness (QED) is 0.801. The number of ether oxygens (including phenoxy) is 1. The van der Waals surface area contributed by atoms with Crippen molar-refractivity contribution >= 4 is 28.2 Å². The van der Waals surface area contributed by atoms with Gasteiger partial charge in [-0.1, -0.05) is 18.2 Å². The van der Waals surface area contributed by atoms with Gasteiger partial charge in [0.05, 0.1) is 17.8 Å². The number of hydrogen-bond acceptors (Lipinski definition) is 5. The standard InChI is InChI=1S/C15H12N2O3S/c1-20-8-12-13(15(18)19)21-14(17-12)10-6-7-16-11-5-3-2-4-9(10)11/h2-7H,8H2,1H3,(H,18,19). The molecule has 0 saturated carbocycles. The Balaban J connectivity index is 2.19. The van der Waals surface area contributed by atoms with Crippen LogP contribution in [0.5, 0.6) is 0 Å². The zero-order valence-electron chi connectivity index (χ0n) is 11.2. The SMILES string of the molecule is COCc1nc(-c2ccnc3ccccc23)sc1C(=O)O. The first kappa shape index (κ1) is 13.7. The lowest BCUT2D eigenvalue weighted by Gasteiger charge is -2.02. The maximum Gasteiger partial charge on any atom is 0.347 e. The highest BCUT2D eigenvalue weighted by atomic mass is 32.1. The topological polar surface area (TPSA) is 72.3 Å². The number of thiazole rings is 1. The van der Waals surface area contributed by atoms with Crippen LogP contribution in [0.25, 0.3) is 21.5 Å². The molecule has 0 unspecified atom stereocenters. The second-order valence-corrected chi connectivity index (χ2v) is 5.41. The minimum atomic E-state index is -0.982. The van der Waals surface area contributed by atoms with E-state index < -0.39 is 5.97 Å². The average molecular weight is 300 g/mol. The summed E-state index contributed by atoms with van der Waals surface area (Å²) in [5.74, 6) is -0.982. The van der Waals surface area contributed by atoms with Crippen molar-refractivity contribution in [3.8, 4) is 10.6 Å². The van der Waals surface area contributed by atoms with Crippen molar-refractivity contribution in [2.75, 3.05) is 7.11 Å². The van der Waals surface area contributed by atoms with Crippen molar-refractivity contribution in [3.05, 3.63) is 47.1 Å². The second kappa shape index (κ2) is 5.59. The van der Waals surface area contributed by atoms with Crippen molar-refractivity contribution in [3.63, 3.8) is 0 Å². The van der Waals surface area contributed by atoms with Gasteiger partial charge in [-0.15, -0.1) is 11.3 Å². The molecule has 1 N–H and O–H groups in total. The maximum absolute atomic E-state index is 11.3. The van der Waals surface area contributed by atoms with Crippen LogP contribution in [0.2, 0.25) is 0 Å². The molecule has 6 heteroatoms. The van der Waals surface area contributed by atoms with Crippen LogP contribution in [0.4, 0.5) is 0 Å². The number of methoxy groups -OCH3 is 1. The highest BCUT2D eigenvalue weighted by molar-refractivity contribution is 7.17. The summed E-state index contributed by atoms with van der Waals surface area (Å²) in [6, 6.07) is 9.56. The predicted octanol–water partition coefficient (Wildman–Crippen LogP) is 3.20. The number of nitrogens with zero attached hydrogens (tertiary/aromatic N) is 2. The number of pyridine rings is 1. The molecular weight excluding hydrogens is 288 g/mol. The van der Waals surface area contributed by atoms with E-state index in [0.29, 0.717) is 10.7 Å². The monoisotopic (exact) mass is 300 g/mol. The highest BCUT2D eigenvalue weighted by Gasteiger charge is 2.19. The van der Waals surface area contributed by atoms with E-state index in [1.165, 1.54) is 7.11 Å². The molecule has 0 radical (unpaired) electrons. The summed E-state index contributed by atoms with van der Waals surface area (Å²) in [6.45, 7) is 0.182. The molecule has 0 saturated heterocycles. The summed E-state index contributed by atoms with van der Waals surface area (Å²) in [7, 11) is 1.52. The van der Waals surface area contributed by atoms with Gasteiger partial charge in [-0.05, 0) is 12.1 Å². The van der Waals surface area contributed by atoms with Crippen LogP contribution in [0.1, 0.15) is 15.4 Å². The molecule has 0 bridgehead atoms. The van der Waals surface area contributed by atoms with E-state index in [-0.39, 0.29) is 11.5 Å². The Bertz CT molecular complexity index is 808. The van der Waals surface area contributed by atoms with Crippen LogP contribution in [0.15, 0.2) is 36.5 Å². The molecule has 2 heterocycles. The molecule has 3 aromatic rings. The summed E-state index contributed by atoms with van der Waals surface area (Å²) in [4.78, 5) is 20.3. The number of carboxylic acid groups (broad SMARTS) is 1. The van der Waals surface area contributed by atoms with E-state index >= 15 is 0 Å². The van der Waals surface area contributed by atoms with Crippen LogP contribution in [-0.2, 0) is 11.3 Å². The Morgan fingerprint density at radius 3 is 2.90 bits per heavy atom. The molecular formula is C15H12N2O3S. The average Bonchev–Trinajstić information content (AvgIpc) is 2.91. The molecule has 0 aliphatic rings. The number of hydrogen-bond donors (Lipinski definition) is 1. The van der Waals surface area contributed by atoms with Crippen LogP contribution in [0, 0.1) is 0 Å². The summed E-state index contributed by atoms with van der Waals surface area (Å²) < 4.78 is 5.02. The van der Waals surface area contributed by atoms with Crippen molar-refractivity contribution in [1.82, 2.24) is 9.97 Å². The smallest absolute Gasteiger partial charge is 0.347 e. The fourth-order valence-corrected chi connectivity index (χ4v) is 3.10. The van der Waals surface area contributed by atoms with Crippen LogP contribution < -0.4 is 0 Å². The molecule has 0 amide bonds. The lowest BCUT2D eigenvalue weighted by Crippen LogP contribution is -1.99. The minimum Gasteiger partial charge on any atom is -0.477 e. The van der Waals surface area contributed by atoms with E-state index in [0.717, 1.165) is 27.8 Å². The lowest BCUT2D eigenvalue weighted by molar-refractivity contribution is 0.0697. The fourth-order valence-electron chi connectivity index (χ4n) is 2.15. The van der Waals surface area contributed by atoms with Gasteiger partial charge in [0.15, 0.2) is 0 Å². The van der Waals surface area contributed by atoms with Gasteiger partial charge < -0.3 is 9.84 Å². The van der Waals surface area contributed by atoms with Gasteiger partial charge in [-0.2, -0.15) is 0 Å². The normalized spacial score (nSPS) is 10.9. The van der Waals surface area contributed by atoms with Gasteiger partial charge in [0, 0.05) is 24.3 Å². The van der Waals surface area contributed by atoms with Gasteiger partial charge in [-0.25, -0.2) is 9.78 Å². The number of carboxylic acids is 1. The summed E-state index contributed by atoms with van der Waals surface area (Å²) in [5.41, 5.74) is 2.19. The van der Waals surface area contributed by atoms with E-state index in [1.54, 1.807) is 6.20 Å². The number of para-hydroxylation sites is 1. The predicted molar refractivity (Wildman–Crippen MR) is 80.5 cm³/mol. The fraction of sp³-hybridized carbons (Fsp3) is 0.133. The molecule has 106 valence electrons. The van der Waals surface area contributed by atoms with E-state index in [4.69, 9.17) is 4.74 Å². The van der Waals surface area contributed by atoms with Gasteiger partial charge in [-0.3, -0.25) is 4.98 Å². The van der Waals surface area contributed by atoms with E-state index in [1.807, 2.05) is 30.3 Å². The Morgan fingerprint density at radius 2 is 2.14 bits per heavy atom. The maximum atomic E-state index is 11.3. The first-order valence-electron chi connectivity index (χ1n) is 6.26. The number of aromatic carboxylic acids is 1. The Hall–Kier alpha value is -2.31. The molecule has 1 aromatic carbocycles. The van der Waals surface area contributed by atoms with E-state index in [2.05, 4.69) is 9.97 Å². The third kappa shape index (κ3) is 2.51. The third-order valence-electron chi connectivity index (χ3n) is 3.05. The largest absolute Gasteiger partial charge is 0.477 e. The molecule has 0 fully saturated rings. The Morgan fingerprint density at radius 1 is 1.33 bits per heavy atom. The molecule has 3 rings (SSSR count). The molecule has 0 aliphatic heterocycles. The summed E-state index contributed by atoms with van der Waals surface area (Å²) >= 11 is 1.16. The lowest BCUT2D eigenvalue weighted by atomic mass is 10.1. The number of benzene rings is 1. The van der Waals surface area contributed by atoms with E-state index in [9.17, 15) is 9.90 Å². The molecule has 5 nitrogen and oxygen atoms in total. The number of fused-ring (bicyclic) bond motifs is 1. The summed E-state index contributed by atoms with van der Waals surface area (Å²) in [6.07, 6.45) is 1.70. The van der Waals surface area contributed by atoms with Crippen LogP contribution >= 0.6 is 11.3 Å². The first-order chi connectivity index (χ1) is 10.2. The Labute approximate surface area is 124 Å². The summed E-state index contributed by atoms with van der Waals surface area (Å²) in [5, 5.41) is 10.9. The highest BCUT2D eigenvalue weighted by Crippen LogP contribution is 2.32. The van der Waals surface area contributed by atoms with Crippen LogP contribution in [-0.4, -0.2) is 28.2 Å². The van der Waals surface area contributed by atoms with Gasteiger partial charge in [0.1, 0.15) is 9.88 Å². The van der Waals surface area contributed by atoms with Gasteiger partial charge in [0.25, 0.3) is 0 Å².